The van der Waals surface area contributed by atoms with E-state index in [2.05, 4.69) is 21.9 Å². The van der Waals surface area contributed by atoms with Crippen molar-refractivity contribution >= 4 is 38.9 Å². The molecule has 0 fully saturated rings. The summed E-state index contributed by atoms with van der Waals surface area (Å²) in [4.78, 5) is 8.63. The van der Waals surface area contributed by atoms with Crippen LogP contribution in [0.4, 0.5) is 5.69 Å². The van der Waals surface area contributed by atoms with E-state index in [0.717, 1.165) is 11.4 Å². The summed E-state index contributed by atoms with van der Waals surface area (Å²) < 4.78 is 24.4. The molecule has 0 radical (unpaired) electrons. The molecule has 3 rings (SSSR count). The molecule has 0 aliphatic carbocycles. The van der Waals surface area contributed by atoms with Crippen LogP contribution in [-0.2, 0) is 10.0 Å². The van der Waals surface area contributed by atoms with E-state index in [9.17, 15) is 8.42 Å². The van der Waals surface area contributed by atoms with Crippen LogP contribution in [0.1, 0.15) is 11.4 Å². The highest BCUT2D eigenvalue weighted by molar-refractivity contribution is 8.06. The molecule has 0 aliphatic rings. The van der Waals surface area contributed by atoms with Crippen LogP contribution in [-0.4, -0.2) is 22.8 Å². The van der Waals surface area contributed by atoms with E-state index in [0.29, 0.717) is 22.2 Å². The topological polar surface area (TPSA) is 128 Å². The van der Waals surface area contributed by atoms with Gasteiger partial charge in [0.15, 0.2) is 0 Å². The molecule has 8 nitrogen and oxygen atoms in total. The quantitative estimate of drug-likeness (QED) is 0.577. The van der Waals surface area contributed by atoms with E-state index in [1.165, 1.54) is 23.9 Å². The molecule has 27 heavy (non-hydrogen) atoms. The summed E-state index contributed by atoms with van der Waals surface area (Å²) in [7, 11) is -3.71. The number of anilines is 1. The van der Waals surface area contributed by atoms with Gasteiger partial charge in [-0.3, -0.25) is 4.40 Å². The lowest BCUT2D eigenvalue weighted by molar-refractivity contribution is 0.598. The number of nitrogens with one attached hydrogen (secondary N) is 1. The fourth-order valence-electron chi connectivity index (χ4n) is 2.45. The second-order valence-electron chi connectivity index (χ2n) is 5.64. The number of thioether (sulfide) groups is 1. The van der Waals surface area contributed by atoms with Crippen LogP contribution >= 0.6 is 11.8 Å². The minimum Gasteiger partial charge on any atom is -0.397 e. The third-order valence-electron chi connectivity index (χ3n) is 3.65. The first-order valence-corrected chi connectivity index (χ1v) is 10.2. The molecule has 0 saturated carbocycles. The first-order valence-electron chi connectivity index (χ1n) is 7.77. The minimum atomic E-state index is -3.71. The van der Waals surface area contributed by atoms with Crippen molar-refractivity contribution in [2.75, 3.05) is 5.32 Å². The summed E-state index contributed by atoms with van der Waals surface area (Å²) in [5.74, 6) is 0.582. The van der Waals surface area contributed by atoms with Crippen molar-refractivity contribution in [1.29, 1.82) is 0 Å². The molecule has 0 spiro atoms. The van der Waals surface area contributed by atoms with Crippen molar-refractivity contribution in [2.45, 2.75) is 11.8 Å². The fraction of sp³-hybridized carbons (Fsp3) is 0.0588. The average molecular weight is 403 g/mol. The van der Waals surface area contributed by atoms with E-state index in [4.69, 9.17) is 10.9 Å². The third-order valence-corrected chi connectivity index (χ3v) is 5.33. The molecular weight excluding hydrogens is 384 g/mol. The summed E-state index contributed by atoms with van der Waals surface area (Å²) in [6.45, 7) is 5.80. The van der Waals surface area contributed by atoms with Gasteiger partial charge in [0.05, 0.1) is 27.0 Å². The van der Waals surface area contributed by atoms with Crippen LogP contribution in [0.25, 0.3) is 11.5 Å². The van der Waals surface area contributed by atoms with E-state index in [1.807, 2.05) is 23.6 Å². The highest BCUT2D eigenvalue weighted by Crippen LogP contribution is 2.24. The van der Waals surface area contributed by atoms with Crippen molar-refractivity contribution in [3.05, 3.63) is 71.1 Å². The minimum absolute atomic E-state index is 0.0483. The number of primary sulfonamides is 1. The van der Waals surface area contributed by atoms with Gasteiger partial charge < -0.3 is 11.1 Å². The van der Waals surface area contributed by atoms with Crippen LogP contribution in [0.3, 0.4) is 0 Å². The molecule has 0 bridgehead atoms. The molecule has 3 aromatic rings. The summed E-state index contributed by atoms with van der Waals surface area (Å²) in [5, 5.41) is 10.5. The first-order chi connectivity index (χ1) is 12.8. The zero-order chi connectivity index (χ0) is 19.6. The average Bonchev–Trinajstić information content (AvgIpc) is 2.95. The second-order valence-corrected chi connectivity index (χ2v) is 8.17. The largest absolute Gasteiger partial charge is 0.397 e. The molecule has 1 aromatic carbocycles. The fourth-order valence-corrected chi connectivity index (χ4v) is 3.53. The van der Waals surface area contributed by atoms with Gasteiger partial charge in [-0.1, -0.05) is 18.3 Å². The van der Waals surface area contributed by atoms with E-state index >= 15 is 0 Å². The lowest BCUT2D eigenvalue weighted by Gasteiger charge is -2.09. The van der Waals surface area contributed by atoms with Crippen LogP contribution < -0.4 is 16.2 Å². The SMILES string of the molecule is C=C(Nc1ccc(S(N)(=O)=O)cc1)S/C=C(\N)c1c(C)nc2ncccn12. The number of nitrogens with zero attached hydrogens (tertiary/aromatic N) is 3. The van der Waals surface area contributed by atoms with Crippen LogP contribution in [0.2, 0.25) is 0 Å². The second kappa shape index (κ2) is 7.43. The molecule has 10 heteroatoms. The predicted molar refractivity (Wildman–Crippen MR) is 108 cm³/mol. The first kappa shape index (κ1) is 19.0. The Labute approximate surface area is 161 Å². The molecule has 140 valence electrons. The summed E-state index contributed by atoms with van der Waals surface area (Å²) in [6.07, 6.45) is 3.52. The van der Waals surface area contributed by atoms with Gasteiger partial charge in [0.2, 0.25) is 15.8 Å². The molecule has 0 saturated heterocycles. The van der Waals surface area contributed by atoms with Gasteiger partial charge >= 0.3 is 0 Å². The zero-order valence-corrected chi connectivity index (χ0v) is 16.1. The van der Waals surface area contributed by atoms with Gasteiger partial charge in [-0.25, -0.2) is 23.5 Å². The van der Waals surface area contributed by atoms with Crippen molar-refractivity contribution in [3.8, 4) is 0 Å². The van der Waals surface area contributed by atoms with Crippen molar-refractivity contribution in [2.24, 2.45) is 10.9 Å². The summed E-state index contributed by atoms with van der Waals surface area (Å²) in [5.41, 5.74) is 8.99. The number of aromatic nitrogens is 3. The number of sulfonamides is 1. The maximum atomic E-state index is 11.3. The Morgan fingerprint density at radius 2 is 2.04 bits per heavy atom. The van der Waals surface area contributed by atoms with Gasteiger partial charge in [-0.15, -0.1) is 0 Å². The Balaban J connectivity index is 1.71. The smallest absolute Gasteiger partial charge is 0.238 e. The van der Waals surface area contributed by atoms with Crippen molar-refractivity contribution < 1.29 is 8.42 Å². The van der Waals surface area contributed by atoms with Gasteiger partial charge in [-0.2, -0.15) is 0 Å². The number of hydrogen-bond acceptors (Lipinski definition) is 7. The molecular formula is C17H18N6O2S2. The number of hydrogen-bond donors (Lipinski definition) is 3. The number of aryl methyl sites for hydroxylation is 1. The Hall–Kier alpha value is -2.82. The Morgan fingerprint density at radius 3 is 2.70 bits per heavy atom. The third kappa shape index (κ3) is 4.30. The number of imidazole rings is 1. The number of benzene rings is 1. The molecule has 2 heterocycles. The van der Waals surface area contributed by atoms with Crippen molar-refractivity contribution in [3.63, 3.8) is 0 Å². The standard InChI is InChI=1S/C17H18N6O2S2/c1-11-16(23-9-3-8-20-17(23)21-11)15(18)10-26-12(2)22-13-4-6-14(7-5-13)27(19,24)25/h3-10,22H,2,18H2,1H3,(H2,19,24,25)/b15-10-. The number of fused-ring (bicyclic) bond motifs is 1. The summed E-state index contributed by atoms with van der Waals surface area (Å²) >= 11 is 1.31. The van der Waals surface area contributed by atoms with Gasteiger partial charge in [0.25, 0.3) is 0 Å². The van der Waals surface area contributed by atoms with Gasteiger partial charge in [-0.05, 0) is 37.3 Å². The van der Waals surface area contributed by atoms with Crippen LogP contribution in [0, 0.1) is 6.92 Å². The number of nitrogens with two attached hydrogens (primary N) is 2. The molecule has 2 aromatic heterocycles. The Morgan fingerprint density at radius 1 is 1.33 bits per heavy atom. The predicted octanol–water partition coefficient (Wildman–Crippen LogP) is 2.26. The summed E-state index contributed by atoms with van der Waals surface area (Å²) in [6, 6.07) is 7.88. The molecule has 0 aliphatic heterocycles. The monoisotopic (exact) mass is 402 g/mol. The molecule has 5 N–H and O–H groups in total. The van der Waals surface area contributed by atoms with E-state index < -0.39 is 10.0 Å². The maximum Gasteiger partial charge on any atom is 0.238 e. The lowest BCUT2D eigenvalue weighted by Crippen LogP contribution is -2.11. The van der Waals surface area contributed by atoms with E-state index in [-0.39, 0.29) is 4.90 Å². The Bertz CT molecular complexity index is 1130. The molecule has 0 unspecified atom stereocenters. The molecule has 0 atom stereocenters. The van der Waals surface area contributed by atoms with Crippen LogP contribution in [0.15, 0.2) is 64.6 Å². The lowest BCUT2D eigenvalue weighted by atomic mass is 10.3. The zero-order valence-electron chi connectivity index (χ0n) is 14.5. The normalized spacial score (nSPS) is 12.3. The van der Waals surface area contributed by atoms with Crippen molar-refractivity contribution in [1.82, 2.24) is 14.4 Å². The van der Waals surface area contributed by atoms with Gasteiger partial charge in [0.1, 0.15) is 0 Å². The highest BCUT2D eigenvalue weighted by atomic mass is 32.2. The van der Waals surface area contributed by atoms with Crippen LogP contribution in [0.5, 0.6) is 0 Å². The Kier molecular flexibility index (Phi) is 5.22. The van der Waals surface area contributed by atoms with E-state index in [1.54, 1.807) is 23.7 Å². The maximum absolute atomic E-state index is 11.3. The molecule has 0 amide bonds. The number of rotatable bonds is 6. The van der Waals surface area contributed by atoms with Gasteiger partial charge in [0, 0.05) is 23.5 Å². The highest BCUT2D eigenvalue weighted by Gasteiger charge is 2.11.